The Kier molecular flexibility index (Phi) is 55.6. The molecule has 0 aromatic rings. The van der Waals surface area contributed by atoms with E-state index in [0.717, 1.165) is 38.1 Å². The van der Waals surface area contributed by atoms with Crippen molar-refractivity contribution in [2.24, 2.45) is 5.73 Å². The molecule has 48 heavy (non-hydrogen) atoms. The third kappa shape index (κ3) is 52.6. The van der Waals surface area contributed by atoms with Crippen molar-refractivity contribution in [2.75, 3.05) is 27.9 Å². The molecular formula is C38H81NO7SiSn. The van der Waals surface area contributed by atoms with Crippen LogP contribution in [0, 0.1) is 0 Å². The third-order valence-electron chi connectivity index (χ3n) is 8.00. The van der Waals surface area contributed by atoms with E-state index in [1.54, 1.807) is 30.2 Å². The number of carboxylic acid groups (broad SMARTS) is 2. The second kappa shape index (κ2) is 48.9. The van der Waals surface area contributed by atoms with Gasteiger partial charge in [0.05, 0.1) is 0 Å². The fourth-order valence-electron chi connectivity index (χ4n) is 4.76. The van der Waals surface area contributed by atoms with Crippen LogP contribution >= 0.6 is 0 Å². The average Bonchev–Trinajstić information content (AvgIpc) is 3.08. The molecule has 288 valence electrons. The van der Waals surface area contributed by atoms with Gasteiger partial charge < -0.3 is 38.8 Å². The molecule has 0 rings (SSSR count). The Labute approximate surface area is 310 Å². The zero-order valence-corrected chi connectivity index (χ0v) is 36.8. The largest absolute Gasteiger partial charge is 0.500 e. The van der Waals surface area contributed by atoms with Crippen LogP contribution in [-0.2, 0) is 22.9 Å². The van der Waals surface area contributed by atoms with Gasteiger partial charge in [-0.2, -0.15) is 0 Å². The molecule has 0 aliphatic heterocycles. The molecule has 0 saturated heterocycles. The summed E-state index contributed by atoms with van der Waals surface area (Å²) in [7, 11) is 2.50. The van der Waals surface area contributed by atoms with Gasteiger partial charge in [0.15, 0.2) is 0 Å². The van der Waals surface area contributed by atoms with Gasteiger partial charge in [-0.05, 0) is 38.6 Å². The number of hydrogen-bond donors (Lipinski definition) is 1. The summed E-state index contributed by atoms with van der Waals surface area (Å²) < 4.78 is 18.8. The van der Waals surface area contributed by atoms with E-state index in [9.17, 15) is 19.8 Å². The minimum Gasteiger partial charge on any atom is -0.377 e. The molecule has 8 nitrogen and oxygen atoms in total. The van der Waals surface area contributed by atoms with Crippen molar-refractivity contribution in [1.29, 1.82) is 0 Å². The molecular weight excluding hydrogens is 729 g/mol. The van der Waals surface area contributed by atoms with Gasteiger partial charge in [-0.15, -0.1) is 0 Å². The van der Waals surface area contributed by atoms with Crippen LogP contribution in [0.4, 0.5) is 0 Å². The Hall–Kier alpha value is -0.204. The SMILES string of the molecule is CCCCCCCCCCCC(=O)[O-].CCCCCCCCCCCC(=O)[O-].CCC[CH2][Sn+2][CH2]CCC.CO[Si](CCCN)(OC)OC. The number of unbranched alkanes of at least 4 members (excludes halogenated alkanes) is 18. The van der Waals surface area contributed by atoms with E-state index in [0.29, 0.717) is 6.54 Å². The Morgan fingerprint density at radius 1 is 0.500 bits per heavy atom. The van der Waals surface area contributed by atoms with Gasteiger partial charge in [0.1, 0.15) is 0 Å². The minimum atomic E-state index is -2.32. The van der Waals surface area contributed by atoms with Crippen LogP contribution in [0.5, 0.6) is 0 Å². The number of carbonyl (C=O) groups is 2. The average molecular weight is 811 g/mol. The normalized spacial score (nSPS) is 10.5. The predicted molar refractivity (Wildman–Crippen MR) is 204 cm³/mol. The van der Waals surface area contributed by atoms with E-state index in [1.807, 2.05) is 0 Å². The number of carboxylic acids is 2. The first-order valence-corrected chi connectivity index (χ1v) is 25.6. The molecule has 2 N–H and O–H groups in total. The third-order valence-corrected chi connectivity index (χ3v) is 14.9. The Morgan fingerprint density at radius 3 is 1.04 bits per heavy atom. The summed E-state index contributed by atoms with van der Waals surface area (Å²) in [5.74, 6) is -1.82. The van der Waals surface area contributed by atoms with E-state index in [4.69, 9.17) is 19.0 Å². The first kappa shape index (κ1) is 54.6. The van der Waals surface area contributed by atoms with Gasteiger partial charge in [0.25, 0.3) is 0 Å². The second-order valence-corrected chi connectivity index (χ2v) is 19.9. The molecule has 0 fully saturated rings. The summed E-state index contributed by atoms with van der Waals surface area (Å²) in [6.07, 6.45) is 29.0. The van der Waals surface area contributed by atoms with E-state index in [1.165, 1.54) is 116 Å². The fourth-order valence-corrected chi connectivity index (χ4v) is 10.7. The Bertz CT molecular complexity index is 567. The predicted octanol–water partition coefficient (Wildman–Crippen LogP) is 8.66. The van der Waals surface area contributed by atoms with Crippen LogP contribution in [0.25, 0.3) is 0 Å². The van der Waals surface area contributed by atoms with Crippen molar-refractivity contribution in [2.45, 2.75) is 203 Å². The summed E-state index contributed by atoms with van der Waals surface area (Å²) in [5.41, 5.74) is 5.36. The molecule has 0 saturated carbocycles. The van der Waals surface area contributed by atoms with Gasteiger partial charge in [0.2, 0.25) is 0 Å². The standard InChI is InChI=1S/2C12H24O2.C6H17NO3Si.2C4H9.Sn/c2*1-2-3-4-5-6-7-8-9-10-11-12(13)14;1-8-11(9-2,10-3)6-4-5-7;2*1-3-4-2;/h2*2-11H2,1H3,(H,13,14);4-7H2,1-3H3;2*1,3-4H2,2H3;/q;;;;;+2/p-2. The number of hydrogen-bond acceptors (Lipinski definition) is 8. The van der Waals surface area contributed by atoms with Crippen LogP contribution < -0.4 is 15.9 Å². The maximum absolute atomic E-state index is 10.1. The zero-order valence-electron chi connectivity index (χ0n) is 32.9. The molecule has 0 aromatic heterocycles. The molecule has 0 radical (unpaired) electrons. The van der Waals surface area contributed by atoms with Crippen molar-refractivity contribution >= 4 is 41.9 Å². The van der Waals surface area contributed by atoms with Crippen LogP contribution in [0.2, 0.25) is 14.9 Å². The minimum absolute atomic E-state index is 0.149. The van der Waals surface area contributed by atoms with E-state index in [-0.39, 0.29) is 34.0 Å². The van der Waals surface area contributed by atoms with Crippen LogP contribution in [0.1, 0.15) is 188 Å². The van der Waals surface area contributed by atoms with E-state index < -0.39 is 20.7 Å². The van der Waals surface area contributed by atoms with Gasteiger partial charge in [-0.25, -0.2) is 0 Å². The monoisotopic (exact) mass is 811 g/mol. The Balaban J connectivity index is -0.000000273. The van der Waals surface area contributed by atoms with Gasteiger partial charge in [0, 0.05) is 39.3 Å². The molecule has 0 atom stereocenters. The number of nitrogens with two attached hydrogens (primary N) is 1. The summed E-state index contributed by atoms with van der Waals surface area (Å²) >= 11 is 0.149. The summed E-state index contributed by atoms with van der Waals surface area (Å²) in [4.78, 5) is 20.2. The van der Waals surface area contributed by atoms with E-state index in [2.05, 4.69) is 27.7 Å². The number of rotatable bonds is 32. The summed E-state index contributed by atoms with van der Waals surface area (Å²) in [5, 5.41) is 20.2. The van der Waals surface area contributed by atoms with Gasteiger partial charge >= 0.3 is 78.4 Å². The van der Waals surface area contributed by atoms with Crippen molar-refractivity contribution in [3.63, 3.8) is 0 Å². The van der Waals surface area contributed by atoms with Gasteiger partial charge in [-0.1, -0.05) is 117 Å². The quantitative estimate of drug-likeness (QED) is 0.0528. The van der Waals surface area contributed by atoms with Crippen LogP contribution in [0.15, 0.2) is 0 Å². The molecule has 0 amide bonds. The maximum Gasteiger partial charge on any atom is 0.500 e. The molecule has 0 aliphatic carbocycles. The summed E-state index contributed by atoms with van der Waals surface area (Å²) in [6.45, 7) is 9.67. The van der Waals surface area contributed by atoms with Crippen molar-refractivity contribution in [3.05, 3.63) is 0 Å². The number of carbonyl (C=O) groups excluding carboxylic acids is 2. The molecule has 0 spiro atoms. The van der Waals surface area contributed by atoms with Crippen LogP contribution in [0.3, 0.4) is 0 Å². The molecule has 0 heterocycles. The van der Waals surface area contributed by atoms with Crippen molar-refractivity contribution in [3.8, 4) is 0 Å². The van der Waals surface area contributed by atoms with Crippen LogP contribution in [-0.4, -0.2) is 69.8 Å². The molecule has 0 bridgehead atoms. The molecule has 0 aliphatic rings. The molecule has 0 unspecified atom stereocenters. The van der Waals surface area contributed by atoms with Crippen molar-refractivity contribution < 1.29 is 33.1 Å². The topological polar surface area (TPSA) is 134 Å². The second-order valence-electron chi connectivity index (χ2n) is 12.5. The van der Waals surface area contributed by atoms with Gasteiger partial charge in [-0.3, -0.25) is 0 Å². The molecule has 0 aromatic carbocycles. The first-order valence-electron chi connectivity index (χ1n) is 19.7. The summed E-state index contributed by atoms with van der Waals surface area (Å²) in [6, 6.07) is 0.785. The molecule has 10 heteroatoms. The fraction of sp³-hybridized carbons (Fsp3) is 0.947. The van der Waals surface area contributed by atoms with Crippen molar-refractivity contribution in [1.82, 2.24) is 0 Å². The first-order chi connectivity index (χ1) is 23.2. The van der Waals surface area contributed by atoms with E-state index >= 15 is 0 Å². The smallest absolute Gasteiger partial charge is 0.377 e. The zero-order chi connectivity index (χ0) is 37.0. The maximum atomic E-state index is 10.1. The number of aliphatic carboxylic acids is 2. The Morgan fingerprint density at radius 2 is 0.792 bits per heavy atom.